The first-order valence-electron chi connectivity index (χ1n) is 5.49. The number of allylic oxidation sites excluding steroid dienone is 4. The fourth-order valence-corrected chi connectivity index (χ4v) is 1.46. The standard InChI is InChI=1S/C9H7N.C6H4O2.Na.H/c1-2-6-9-8(4-1)5-3-7-10-9;7-5-1-2-6(8)4-3-5;;/h1-7H;1-4H;;/q;;+1;-1. The van der Waals surface area contributed by atoms with Gasteiger partial charge in [0.1, 0.15) is 0 Å². The number of nitrogens with zero attached hydrogens (tertiary/aromatic N) is 1. The Kier molecular flexibility index (Phi) is 6.36. The third-order valence-corrected chi connectivity index (χ3v) is 2.34. The molecule has 0 aliphatic heterocycles. The van der Waals surface area contributed by atoms with Gasteiger partial charge >= 0.3 is 29.6 Å². The number of para-hydroxylation sites is 1. The third kappa shape index (κ3) is 4.91. The van der Waals surface area contributed by atoms with E-state index in [1.165, 1.54) is 29.7 Å². The molecule has 0 radical (unpaired) electrons. The van der Waals surface area contributed by atoms with E-state index in [1.807, 2.05) is 30.5 Å². The molecule has 0 fully saturated rings. The summed E-state index contributed by atoms with van der Waals surface area (Å²) in [7, 11) is 0. The number of rotatable bonds is 0. The monoisotopic (exact) mass is 261 g/mol. The largest absolute Gasteiger partial charge is 1.00 e. The predicted octanol–water partition coefficient (Wildman–Crippen LogP) is -0.398. The fraction of sp³-hybridized carbons (Fsp3) is 0. The zero-order valence-corrected chi connectivity index (χ0v) is 12.6. The van der Waals surface area contributed by atoms with Gasteiger partial charge in [0.25, 0.3) is 0 Å². The maximum Gasteiger partial charge on any atom is 1.00 e. The number of carbonyl (C=O) groups excluding carboxylic acids is 2. The van der Waals surface area contributed by atoms with Gasteiger partial charge < -0.3 is 1.43 Å². The van der Waals surface area contributed by atoms with E-state index >= 15 is 0 Å². The van der Waals surface area contributed by atoms with Crippen LogP contribution in [0.2, 0.25) is 0 Å². The van der Waals surface area contributed by atoms with Gasteiger partial charge in [0.15, 0.2) is 11.6 Å². The smallest absolute Gasteiger partial charge is 1.00 e. The first kappa shape index (κ1) is 15.5. The molecule has 0 atom stereocenters. The van der Waals surface area contributed by atoms with Gasteiger partial charge in [-0.3, -0.25) is 14.6 Å². The molecule has 90 valence electrons. The molecule has 0 spiro atoms. The molecule has 0 bridgehead atoms. The number of pyridine rings is 1. The van der Waals surface area contributed by atoms with Crippen molar-refractivity contribution >= 4 is 22.5 Å². The van der Waals surface area contributed by atoms with Crippen molar-refractivity contribution in [1.29, 1.82) is 0 Å². The second-order valence-electron chi connectivity index (χ2n) is 3.67. The van der Waals surface area contributed by atoms with Gasteiger partial charge in [-0.15, -0.1) is 0 Å². The summed E-state index contributed by atoms with van der Waals surface area (Å²) in [4.78, 5) is 24.7. The quantitative estimate of drug-likeness (QED) is 0.479. The molecule has 3 rings (SSSR count). The average molecular weight is 261 g/mol. The SMILES string of the molecule is O=C1C=CC(=O)C=C1.[H-].[Na+].c1ccc2ncccc2c1. The number of benzene rings is 1. The van der Waals surface area contributed by atoms with Gasteiger partial charge in [-0.25, -0.2) is 0 Å². The summed E-state index contributed by atoms with van der Waals surface area (Å²) in [5, 5.41) is 1.20. The molecule has 0 saturated heterocycles. The van der Waals surface area contributed by atoms with E-state index in [-0.39, 0.29) is 42.6 Å². The first-order valence-corrected chi connectivity index (χ1v) is 5.49. The van der Waals surface area contributed by atoms with Gasteiger partial charge in [0.2, 0.25) is 0 Å². The molecule has 1 aromatic heterocycles. The second kappa shape index (κ2) is 7.79. The minimum atomic E-state index is -0.121. The first-order chi connectivity index (χ1) is 8.75. The minimum absolute atomic E-state index is 0. The summed E-state index contributed by atoms with van der Waals surface area (Å²) in [5.74, 6) is -0.241. The molecule has 1 aliphatic carbocycles. The third-order valence-electron chi connectivity index (χ3n) is 2.34. The Hall–Kier alpha value is -1.55. The van der Waals surface area contributed by atoms with Crippen molar-refractivity contribution in [3.8, 4) is 0 Å². The van der Waals surface area contributed by atoms with Crippen LogP contribution in [0.3, 0.4) is 0 Å². The summed E-state index contributed by atoms with van der Waals surface area (Å²) in [6.07, 6.45) is 6.82. The van der Waals surface area contributed by atoms with Crippen molar-refractivity contribution < 1.29 is 40.6 Å². The Bertz CT molecular complexity index is 550. The number of ketones is 2. The molecular weight excluding hydrogens is 249 g/mol. The summed E-state index contributed by atoms with van der Waals surface area (Å²) in [6.45, 7) is 0. The molecule has 4 heteroatoms. The van der Waals surface area contributed by atoms with Gasteiger partial charge in [-0.05, 0) is 36.4 Å². The van der Waals surface area contributed by atoms with Gasteiger partial charge in [-0.1, -0.05) is 24.3 Å². The molecule has 1 aliphatic rings. The number of hydrogen-bond acceptors (Lipinski definition) is 3. The Labute approximate surface area is 134 Å². The van der Waals surface area contributed by atoms with Crippen molar-refractivity contribution in [2.75, 3.05) is 0 Å². The fourth-order valence-electron chi connectivity index (χ4n) is 1.46. The van der Waals surface area contributed by atoms with E-state index in [0.717, 1.165) is 5.52 Å². The van der Waals surface area contributed by atoms with Crippen molar-refractivity contribution in [3.05, 3.63) is 66.9 Å². The number of fused-ring (bicyclic) bond motifs is 1. The zero-order chi connectivity index (χ0) is 12.8. The maximum absolute atomic E-state index is 10.3. The van der Waals surface area contributed by atoms with E-state index in [0.29, 0.717) is 0 Å². The summed E-state index contributed by atoms with van der Waals surface area (Å²) in [6, 6.07) is 12.1. The summed E-state index contributed by atoms with van der Waals surface area (Å²) in [5.41, 5.74) is 1.06. The molecule has 3 nitrogen and oxygen atoms in total. The Morgan fingerprint density at radius 2 is 1.32 bits per heavy atom. The van der Waals surface area contributed by atoms with Crippen LogP contribution in [0.5, 0.6) is 0 Å². The van der Waals surface area contributed by atoms with Crippen LogP contribution in [0, 0.1) is 0 Å². The molecule has 2 aromatic rings. The predicted molar refractivity (Wildman–Crippen MR) is 71.1 cm³/mol. The molecule has 0 saturated carbocycles. The second-order valence-corrected chi connectivity index (χ2v) is 3.67. The van der Waals surface area contributed by atoms with Gasteiger partial charge in [0, 0.05) is 11.6 Å². The van der Waals surface area contributed by atoms with Crippen molar-refractivity contribution in [2.24, 2.45) is 0 Å². The van der Waals surface area contributed by atoms with Crippen LogP contribution in [-0.4, -0.2) is 16.6 Å². The number of hydrogen-bond donors (Lipinski definition) is 0. The molecular formula is C15H12NNaO2. The van der Waals surface area contributed by atoms with Crippen LogP contribution in [0.25, 0.3) is 10.9 Å². The normalized spacial score (nSPS) is 12.6. The molecule has 0 unspecified atom stereocenters. The van der Waals surface area contributed by atoms with Crippen molar-refractivity contribution in [3.63, 3.8) is 0 Å². The van der Waals surface area contributed by atoms with E-state index in [1.54, 1.807) is 0 Å². The van der Waals surface area contributed by atoms with Crippen LogP contribution < -0.4 is 29.6 Å². The molecule has 1 aromatic carbocycles. The van der Waals surface area contributed by atoms with E-state index in [2.05, 4.69) is 17.1 Å². The summed E-state index contributed by atoms with van der Waals surface area (Å²) < 4.78 is 0. The summed E-state index contributed by atoms with van der Waals surface area (Å²) >= 11 is 0. The van der Waals surface area contributed by atoms with Crippen LogP contribution in [0.1, 0.15) is 1.43 Å². The van der Waals surface area contributed by atoms with Crippen LogP contribution >= 0.6 is 0 Å². The molecule has 19 heavy (non-hydrogen) atoms. The van der Waals surface area contributed by atoms with Crippen LogP contribution in [0.15, 0.2) is 66.9 Å². The van der Waals surface area contributed by atoms with Crippen LogP contribution in [-0.2, 0) is 9.59 Å². The van der Waals surface area contributed by atoms with E-state index in [4.69, 9.17) is 0 Å². The Morgan fingerprint density at radius 3 is 1.89 bits per heavy atom. The van der Waals surface area contributed by atoms with Crippen molar-refractivity contribution in [2.45, 2.75) is 0 Å². The van der Waals surface area contributed by atoms with Gasteiger partial charge in [0.05, 0.1) is 5.52 Å². The van der Waals surface area contributed by atoms with E-state index in [9.17, 15) is 9.59 Å². The average Bonchev–Trinajstić information content (AvgIpc) is 2.43. The van der Waals surface area contributed by atoms with Crippen LogP contribution in [0.4, 0.5) is 0 Å². The van der Waals surface area contributed by atoms with Crippen molar-refractivity contribution in [1.82, 2.24) is 4.98 Å². The molecule has 1 heterocycles. The topological polar surface area (TPSA) is 47.0 Å². The maximum atomic E-state index is 10.3. The molecule has 0 amide bonds. The number of aromatic nitrogens is 1. The minimum Gasteiger partial charge on any atom is -1.00 e. The van der Waals surface area contributed by atoms with Gasteiger partial charge in [-0.2, -0.15) is 0 Å². The van der Waals surface area contributed by atoms with E-state index < -0.39 is 0 Å². The molecule has 0 N–H and O–H groups in total. The Balaban J connectivity index is 0.000000336. The number of carbonyl (C=O) groups is 2. The Morgan fingerprint density at radius 1 is 0.789 bits per heavy atom. The zero-order valence-electron chi connectivity index (χ0n) is 11.6.